The molecular formula is C21H27N3O5S3. The molecule has 8 nitrogen and oxygen atoms in total. The van der Waals surface area contributed by atoms with Crippen molar-refractivity contribution in [1.82, 2.24) is 13.9 Å². The van der Waals surface area contributed by atoms with Crippen molar-refractivity contribution in [3.8, 4) is 0 Å². The van der Waals surface area contributed by atoms with Gasteiger partial charge in [0.15, 0.2) is 0 Å². The highest BCUT2D eigenvalue weighted by atomic mass is 32.2. The van der Waals surface area contributed by atoms with E-state index in [0.29, 0.717) is 32.5 Å². The molecule has 1 unspecified atom stereocenters. The predicted octanol–water partition coefficient (Wildman–Crippen LogP) is 2.39. The van der Waals surface area contributed by atoms with Gasteiger partial charge >= 0.3 is 0 Å². The van der Waals surface area contributed by atoms with Gasteiger partial charge in [0.25, 0.3) is 10.0 Å². The fourth-order valence-corrected chi connectivity index (χ4v) is 8.45. The summed E-state index contributed by atoms with van der Waals surface area (Å²) in [7, 11) is -7.18. The summed E-state index contributed by atoms with van der Waals surface area (Å²) < 4.78 is 54.2. The van der Waals surface area contributed by atoms with Gasteiger partial charge in [0, 0.05) is 26.2 Å². The van der Waals surface area contributed by atoms with Crippen LogP contribution < -0.4 is 5.32 Å². The minimum absolute atomic E-state index is 0.201. The molecule has 0 spiro atoms. The van der Waals surface area contributed by atoms with Gasteiger partial charge in [-0.15, -0.1) is 11.3 Å². The topological polar surface area (TPSA) is 104 Å². The van der Waals surface area contributed by atoms with Gasteiger partial charge in [0.2, 0.25) is 15.9 Å². The highest BCUT2D eigenvalue weighted by Crippen LogP contribution is 2.28. The molecule has 4 rings (SSSR count). The summed E-state index contributed by atoms with van der Waals surface area (Å²) in [4.78, 5) is 13.0. The minimum Gasteiger partial charge on any atom is -0.351 e. The van der Waals surface area contributed by atoms with Gasteiger partial charge < -0.3 is 5.32 Å². The molecule has 0 bridgehead atoms. The first-order valence-electron chi connectivity index (χ1n) is 10.7. The molecule has 1 aromatic carbocycles. The molecule has 2 fully saturated rings. The maximum atomic E-state index is 12.8. The smallest absolute Gasteiger partial charge is 0.253 e. The zero-order chi connectivity index (χ0) is 22.8. The zero-order valence-corrected chi connectivity index (χ0v) is 20.1. The Balaban J connectivity index is 1.39. The zero-order valence-electron chi connectivity index (χ0n) is 17.6. The molecular weight excluding hydrogens is 470 g/mol. The molecule has 1 atom stereocenters. The lowest BCUT2D eigenvalue weighted by atomic mass is 10.2. The van der Waals surface area contributed by atoms with E-state index in [0.717, 1.165) is 36.2 Å². The number of hydrogen-bond acceptors (Lipinski definition) is 6. The number of benzene rings is 1. The van der Waals surface area contributed by atoms with Crippen molar-refractivity contribution < 1.29 is 21.6 Å². The monoisotopic (exact) mass is 497 g/mol. The van der Waals surface area contributed by atoms with Crippen LogP contribution >= 0.6 is 11.3 Å². The number of carbonyl (C=O) groups excluding carboxylic acids is 1. The third-order valence-electron chi connectivity index (χ3n) is 5.91. The van der Waals surface area contributed by atoms with Crippen LogP contribution in [0.5, 0.6) is 0 Å². The van der Waals surface area contributed by atoms with Crippen molar-refractivity contribution in [3.05, 3.63) is 47.3 Å². The molecule has 3 heterocycles. The lowest BCUT2D eigenvalue weighted by Crippen LogP contribution is -2.45. The second-order valence-electron chi connectivity index (χ2n) is 8.03. The van der Waals surface area contributed by atoms with Crippen LogP contribution in [0.4, 0.5) is 0 Å². The predicted molar refractivity (Wildman–Crippen MR) is 122 cm³/mol. The Morgan fingerprint density at radius 1 is 0.938 bits per heavy atom. The summed E-state index contributed by atoms with van der Waals surface area (Å²) in [6.07, 6.45) is 3.92. The number of rotatable bonds is 7. The first-order valence-corrected chi connectivity index (χ1v) is 14.5. The Kier molecular flexibility index (Phi) is 7.01. The highest BCUT2D eigenvalue weighted by molar-refractivity contribution is 7.91. The number of thiophene rings is 1. The van der Waals surface area contributed by atoms with Crippen LogP contribution in [0, 0.1) is 0 Å². The molecule has 2 saturated heterocycles. The maximum Gasteiger partial charge on any atom is 0.253 e. The van der Waals surface area contributed by atoms with Gasteiger partial charge in [-0.05, 0) is 54.8 Å². The summed E-state index contributed by atoms with van der Waals surface area (Å²) in [6, 6.07) is 8.99. The molecule has 32 heavy (non-hydrogen) atoms. The third kappa shape index (κ3) is 4.76. The van der Waals surface area contributed by atoms with Crippen molar-refractivity contribution in [2.45, 2.75) is 53.8 Å². The van der Waals surface area contributed by atoms with Gasteiger partial charge in [0.1, 0.15) is 10.3 Å². The molecule has 0 aliphatic carbocycles. The van der Waals surface area contributed by atoms with Crippen molar-refractivity contribution in [2.75, 3.05) is 19.6 Å². The normalized spacial score (nSPS) is 20.9. The Morgan fingerprint density at radius 2 is 1.66 bits per heavy atom. The fraction of sp³-hybridized carbons (Fsp3) is 0.476. The van der Waals surface area contributed by atoms with Crippen molar-refractivity contribution in [2.24, 2.45) is 0 Å². The number of amides is 1. The first-order chi connectivity index (χ1) is 15.3. The number of piperidine rings is 1. The van der Waals surface area contributed by atoms with E-state index in [1.165, 1.54) is 8.61 Å². The molecule has 0 saturated carbocycles. The SMILES string of the molecule is O=C(NCc1ccc(S(=O)(=O)N2CCCCC2)cc1)C1CCCN1S(=O)(=O)c1cccs1. The summed E-state index contributed by atoms with van der Waals surface area (Å²) in [5, 5.41) is 4.51. The van der Waals surface area contributed by atoms with E-state index in [4.69, 9.17) is 0 Å². The summed E-state index contributed by atoms with van der Waals surface area (Å²) in [6.45, 7) is 1.62. The average molecular weight is 498 g/mol. The van der Waals surface area contributed by atoms with Crippen molar-refractivity contribution in [1.29, 1.82) is 0 Å². The van der Waals surface area contributed by atoms with E-state index in [2.05, 4.69) is 5.32 Å². The largest absolute Gasteiger partial charge is 0.351 e. The van der Waals surface area contributed by atoms with E-state index in [1.54, 1.807) is 41.8 Å². The summed E-state index contributed by atoms with van der Waals surface area (Å²) in [5.41, 5.74) is 0.751. The summed E-state index contributed by atoms with van der Waals surface area (Å²) in [5.74, 6) is -0.340. The number of carbonyl (C=O) groups is 1. The minimum atomic E-state index is -3.69. The standard InChI is InChI=1S/C21H27N3O5S3/c25-21(19-6-4-14-24(19)32(28,29)20-7-5-15-30-20)22-16-17-8-10-18(11-9-17)31(26,27)23-12-2-1-3-13-23/h5,7-11,15,19H,1-4,6,12-14,16H2,(H,22,25). The van der Waals surface area contributed by atoms with Crippen LogP contribution in [0.2, 0.25) is 0 Å². The Hall–Kier alpha value is -1.79. The lowest BCUT2D eigenvalue weighted by Gasteiger charge is -2.26. The van der Waals surface area contributed by atoms with Gasteiger partial charge in [-0.3, -0.25) is 4.79 Å². The molecule has 1 amide bonds. The molecule has 1 N–H and O–H groups in total. The number of sulfonamides is 2. The maximum absolute atomic E-state index is 12.8. The van der Waals surface area contributed by atoms with E-state index in [1.807, 2.05) is 0 Å². The third-order valence-corrected chi connectivity index (χ3v) is 11.1. The van der Waals surface area contributed by atoms with Gasteiger partial charge in [-0.25, -0.2) is 16.8 Å². The molecule has 2 aliphatic heterocycles. The second-order valence-corrected chi connectivity index (χ2v) is 13.0. The van der Waals surface area contributed by atoms with E-state index >= 15 is 0 Å². The Labute approximate surface area is 193 Å². The van der Waals surface area contributed by atoms with Crippen LogP contribution in [0.15, 0.2) is 50.9 Å². The average Bonchev–Trinajstić information content (AvgIpc) is 3.51. The molecule has 2 aromatic rings. The lowest BCUT2D eigenvalue weighted by molar-refractivity contribution is -0.124. The Morgan fingerprint density at radius 3 is 2.31 bits per heavy atom. The fourth-order valence-electron chi connectivity index (χ4n) is 4.16. The molecule has 0 radical (unpaired) electrons. The van der Waals surface area contributed by atoms with Crippen LogP contribution in [0.1, 0.15) is 37.7 Å². The van der Waals surface area contributed by atoms with Crippen LogP contribution in [0.25, 0.3) is 0 Å². The molecule has 1 aromatic heterocycles. The second kappa shape index (κ2) is 9.60. The summed E-state index contributed by atoms with van der Waals surface area (Å²) >= 11 is 1.14. The van der Waals surface area contributed by atoms with Gasteiger partial charge in [-0.1, -0.05) is 24.6 Å². The number of nitrogens with one attached hydrogen (secondary N) is 1. The molecule has 174 valence electrons. The van der Waals surface area contributed by atoms with Crippen LogP contribution in [-0.4, -0.2) is 57.0 Å². The van der Waals surface area contributed by atoms with Crippen LogP contribution in [-0.2, 0) is 31.4 Å². The number of nitrogens with zero attached hydrogens (tertiary/aromatic N) is 2. The molecule has 2 aliphatic rings. The molecule has 11 heteroatoms. The van der Waals surface area contributed by atoms with E-state index in [9.17, 15) is 21.6 Å². The van der Waals surface area contributed by atoms with Crippen molar-refractivity contribution in [3.63, 3.8) is 0 Å². The highest BCUT2D eigenvalue weighted by Gasteiger charge is 2.39. The van der Waals surface area contributed by atoms with E-state index < -0.39 is 26.1 Å². The van der Waals surface area contributed by atoms with Crippen LogP contribution in [0.3, 0.4) is 0 Å². The number of hydrogen-bond donors (Lipinski definition) is 1. The van der Waals surface area contributed by atoms with Crippen molar-refractivity contribution >= 4 is 37.3 Å². The quantitative estimate of drug-likeness (QED) is 0.633. The van der Waals surface area contributed by atoms with Gasteiger partial charge in [0.05, 0.1) is 4.90 Å². The van der Waals surface area contributed by atoms with E-state index in [-0.39, 0.29) is 21.6 Å². The first kappa shape index (κ1) is 23.4. The van der Waals surface area contributed by atoms with Gasteiger partial charge in [-0.2, -0.15) is 8.61 Å². The Bertz CT molecular complexity index is 1140.